The van der Waals surface area contributed by atoms with Crippen molar-refractivity contribution in [2.45, 2.75) is 19.6 Å². The molecule has 2 N–H and O–H groups in total. The zero-order valence-corrected chi connectivity index (χ0v) is 11.7. The zero-order valence-electron chi connectivity index (χ0n) is 11.0. The van der Waals surface area contributed by atoms with E-state index < -0.39 is 11.7 Å². The molecule has 1 heterocycles. The fraction of sp³-hybridized carbons (Fsp3) is 0.333. The summed E-state index contributed by atoms with van der Waals surface area (Å²) in [5.74, 6) is 0.331. The van der Waals surface area contributed by atoms with Crippen LogP contribution in [-0.2, 0) is 12.7 Å². The molecule has 0 aliphatic carbocycles. The van der Waals surface area contributed by atoms with Crippen LogP contribution in [0.4, 0.5) is 24.9 Å². The predicted octanol–water partition coefficient (Wildman–Crippen LogP) is 3.59. The summed E-state index contributed by atoms with van der Waals surface area (Å²) in [5.41, 5.74) is -0.738. The molecule has 0 aliphatic rings. The topological polar surface area (TPSA) is 63.0 Å². The van der Waals surface area contributed by atoms with Crippen LogP contribution >= 0.6 is 11.6 Å². The minimum Gasteiger partial charge on any atom is -0.406 e. The molecule has 1 aromatic heterocycles. The van der Waals surface area contributed by atoms with Crippen LogP contribution in [0.3, 0.4) is 0 Å². The molecular weight excluding hydrogens is 309 g/mol. The fourth-order valence-corrected chi connectivity index (χ4v) is 1.79. The van der Waals surface area contributed by atoms with Crippen molar-refractivity contribution in [1.29, 1.82) is 0 Å². The Kier molecular flexibility index (Phi) is 4.69. The van der Waals surface area contributed by atoms with Gasteiger partial charge in [-0.25, -0.2) is 0 Å². The first kappa shape index (κ1) is 15.6. The Bertz CT molecular complexity index is 615. The van der Waals surface area contributed by atoms with Crippen molar-refractivity contribution in [1.82, 2.24) is 15.5 Å². The van der Waals surface area contributed by atoms with Crippen LogP contribution in [0, 0.1) is 0 Å². The third kappa shape index (κ3) is 4.33. The summed E-state index contributed by atoms with van der Waals surface area (Å²) in [4.78, 5) is 0. The van der Waals surface area contributed by atoms with Crippen molar-refractivity contribution in [3.63, 3.8) is 0 Å². The number of hydrogen-bond donors (Lipinski definition) is 2. The van der Waals surface area contributed by atoms with Crippen LogP contribution < -0.4 is 10.6 Å². The van der Waals surface area contributed by atoms with E-state index in [1.54, 1.807) is 0 Å². The van der Waals surface area contributed by atoms with Crippen LogP contribution in [0.15, 0.2) is 22.6 Å². The Hall–Kier alpha value is -1.80. The lowest BCUT2D eigenvalue weighted by Gasteiger charge is -2.09. The molecule has 0 aliphatic heterocycles. The summed E-state index contributed by atoms with van der Waals surface area (Å²) in [6.45, 7) is 3.03. The fourth-order valence-electron chi connectivity index (χ4n) is 1.56. The Labute approximate surface area is 123 Å². The molecule has 5 nitrogen and oxygen atoms in total. The van der Waals surface area contributed by atoms with Gasteiger partial charge in [0.25, 0.3) is 0 Å². The molecule has 114 valence electrons. The van der Waals surface area contributed by atoms with Gasteiger partial charge in [-0.05, 0) is 24.7 Å². The van der Waals surface area contributed by atoms with Gasteiger partial charge in [-0.2, -0.15) is 13.2 Å². The first-order chi connectivity index (χ1) is 9.88. The number of nitrogens with one attached hydrogen (secondary N) is 2. The van der Waals surface area contributed by atoms with Gasteiger partial charge in [0.2, 0.25) is 5.89 Å². The lowest BCUT2D eigenvalue weighted by Crippen LogP contribution is -2.11. The molecule has 0 fully saturated rings. The molecule has 0 unspecified atom stereocenters. The molecule has 0 amide bonds. The summed E-state index contributed by atoms with van der Waals surface area (Å²) in [5, 5.41) is 13.0. The molecule has 0 radical (unpaired) electrons. The number of rotatable bonds is 5. The molecule has 2 rings (SSSR count). The molecule has 0 bridgehead atoms. The number of alkyl halides is 3. The Morgan fingerprint density at radius 3 is 2.67 bits per heavy atom. The van der Waals surface area contributed by atoms with Gasteiger partial charge in [0.15, 0.2) is 0 Å². The van der Waals surface area contributed by atoms with E-state index in [0.717, 1.165) is 18.7 Å². The van der Waals surface area contributed by atoms with Gasteiger partial charge in [-0.15, -0.1) is 5.10 Å². The van der Waals surface area contributed by atoms with Gasteiger partial charge in [0, 0.05) is 10.7 Å². The molecule has 21 heavy (non-hydrogen) atoms. The second-order valence-electron chi connectivity index (χ2n) is 4.13. The molecular formula is C12H12ClF3N4O. The van der Waals surface area contributed by atoms with E-state index in [9.17, 15) is 13.2 Å². The average Bonchev–Trinajstić information content (AvgIpc) is 2.82. The van der Waals surface area contributed by atoms with E-state index in [1.165, 1.54) is 6.07 Å². The highest BCUT2D eigenvalue weighted by Gasteiger charge is 2.31. The highest BCUT2D eigenvalue weighted by Crippen LogP contribution is 2.33. The second-order valence-corrected chi connectivity index (χ2v) is 4.57. The van der Waals surface area contributed by atoms with Crippen molar-refractivity contribution < 1.29 is 17.6 Å². The maximum Gasteiger partial charge on any atom is 0.416 e. The molecule has 0 saturated carbocycles. The van der Waals surface area contributed by atoms with Crippen LogP contribution in [-0.4, -0.2) is 16.7 Å². The van der Waals surface area contributed by atoms with Crippen LogP contribution in [0.25, 0.3) is 0 Å². The Balaban J connectivity index is 2.15. The van der Waals surface area contributed by atoms with E-state index in [-0.39, 0.29) is 16.7 Å². The largest absolute Gasteiger partial charge is 0.416 e. The monoisotopic (exact) mass is 320 g/mol. The quantitative estimate of drug-likeness (QED) is 0.881. The lowest BCUT2D eigenvalue weighted by molar-refractivity contribution is -0.137. The Morgan fingerprint density at radius 2 is 2.00 bits per heavy atom. The van der Waals surface area contributed by atoms with Gasteiger partial charge in [-0.1, -0.05) is 23.6 Å². The van der Waals surface area contributed by atoms with Crippen LogP contribution in [0.2, 0.25) is 5.02 Å². The summed E-state index contributed by atoms with van der Waals surface area (Å²) >= 11 is 5.68. The van der Waals surface area contributed by atoms with E-state index in [2.05, 4.69) is 20.8 Å². The van der Waals surface area contributed by atoms with E-state index >= 15 is 0 Å². The average molecular weight is 321 g/mol. The van der Waals surface area contributed by atoms with Crippen molar-refractivity contribution >= 4 is 23.3 Å². The van der Waals surface area contributed by atoms with Crippen LogP contribution in [0.5, 0.6) is 0 Å². The minimum atomic E-state index is -4.48. The maximum atomic E-state index is 12.7. The number of anilines is 2. The summed E-state index contributed by atoms with van der Waals surface area (Å²) in [6, 6.07) is 3.10. The van der Waals surface area contributed by atoms with Crippen molar-refractivity contribution in [2.75, 3.05) is 11.9 Å². The first-order valence-corrected chi connectivity index (χ1v) is 6.44. The number of nitrogens with zero attached hydrogens (tertiary/aromatic N) is 2. The zero-order chi connectivity index (χ0) is 15.5. The Morgan fingerprint density at radius 1 is 1.24 bits per heavy atom. The van der Waals surface area contributed by atoms with Crippen molar-refractivity contribution in [2.24, 2.45) is 0 Å². The highest BCUT2D eigenvalue weighted by atomic mass is 35.5. The molecule has 0 atom stereocenters. The molecule has 2 aromatic rings. The number of aromatic nitrogens is 2. The smallest absolute Gasteiger partial charge is 0.406 e. The number of halogens is 4. The lowest BCUT2D eigenvalue weighted by atomic mass is 10.2. The van der Waals surface area contributed by atoms with Crippen molar-refractivity contribution in [3.8, 4) is 0 Å². The van der Waals surface area contributed by atoms with Crippen molar-refractivity contribution in [3.05, 3.63) is 34.7 Å². The van der Waals surface area contributed by atoms with E-state index in [4.69, 9.17) is 16.0 Å². The standard InChI is InChI=1S/C12H12ClF3N4O/c1-2-17-6-10-19-20-11(21-10)18-9-4-7(12(14,15)16)3-8(13)5-9/h3-5,17H,2,6H2,1H3,(H,18,20). The third-order valence-electron chi connectivity index (χ3n) is 2.47. The molecule has 1 aromatic carbocycles. The van der Waals surface area contributed by atoms with Gasteiger partial charge in [0.1, 0.15) is 0 Å². The van der Waals surface area contributed by atoms with Crippen LogP contribution in [0.1, 0.15) is 18.4 Å². The predicted molar refractivity (Wildman–Crippen MR) is 71.4 cm³/mol. The summed E-state index contributed by atoms with van der Waals surface area (Å²) < 4.78 is 43.3. The normalized spacial score (nSPS) is 11.7. The SMILES string of the molecule is CCNCc1nnc(Nc2cc(Cl)cc(C(F)(F)F)c2)o1. The van der Waals surface area contributed by atoms with Gasteiger partial charge >= 0.3 is 12.2 Å². The summed E-state index contributed by atoms with van der Waals surface area (Å²) in [7, 11) is 0. The second kappa shape index (κ2) is 6.31. The van der Waals surface area contributed by atoms with E-state index in [0.29, 0.717) is 12.4 Å². The maximum absolute atomic E-state index is 12.7. The molecule has 0 spiro atoms. The first-order valence-electron chi connectivity index (χ1n) is 6.06. The number of hydrogen-bond acceptors (Lipinski definition) is 5. The highest BCUT2D eigenvalue weighted by molar-refractivity contribution is 6.31. The third-order valence-corrected chi connectivity index (χ3v) is 2.69. The molecule has 9 heteroatoms. The minimum absolute atomic E-state index is 0.00158. The van der Waals surface area contributed by atoms with E-state index in [1.807, 2.05) is 6.92 Å². The summed E-state index contributed by atoms with van der Waals surface area (Å²) in [6.07, 6.45) is -4.48. The van der Waals surface area contributed by atoms with Gasteiger partial charge in [-0.3, -0.25) is 0 Å². The molecule has 0 saturated heterocycles. The number of benzene rings is 1. The van der Waals surface area contributed by atoms with Gasteiger partial charge in [0.05, 0.1) is 12.1 Å². The van der Waals surface area contributed by atoms with Gasteiger partial charge < -0.3 is 15.1 Å².